The molecule has 0 spiro atoms. The van der Waals surface area contributed by atoms with E-state index in [1.165, 1.54) is 6.07 Å². The van der Waals surface area contributed by atoms with Gasteiger partial charge in [0.1, 0.15) is 10.7 Å². The quantitative estimate of drug-likeness (QED) is 0.419. The first kappa shape index (κ1) is 25.0. The molecule has 1 aliphatic heterocycles. The molecule has 0 fully saturated rings. The zero-order chi connectivity index (χ0) is 26.0. The largest absolute Gasteiger partial charge is 0.416 e. The molecule has 0 saturated heterocycles. The van der Waals surface area contributed by atoms with Crippen molar-refractivity contribution < 1.29 is 27.6 Å². The van der Waals surface area contributed by atoms with Gasteiger partial charge in [0.05, 0.1) is 17.7 Å². The van der Waals surface area contributed by atoms with Crippen LogP contribution in [0.3, 0.4) is 0 Å². The lowest BCUT2D eigenvalue weighted by atomic mass is 10.1. The molecule has 1 heterocycles. The molecule has 4 rings (SSSR count). The number of para-hydroxylation sites is 1. The highest BCUT2D eigenvalue weighted by atomic mass is 35.5. The van der Waals surface area contributed by atoms with Crippen LogP contribution in [0.2, 0.25) is 0 Å². The predicted molar refractivity (Wildman–Crippen MR) is 130 cm³/mol. The van der Waals surface area contributed by atoms with E-state index in [0.717, 1.165) is 23.4 Å². The van der Waals surface area contributed by atoms with E-state index in [2.05, 4.69) is 10.6 Å². The van der Waals surface area contributed by atoms with E-state index in [9.17, 15) is 27.6 Å². The van der Waals surface area contributed by atoms with Crippen molar-refractivity contribution in [3.63, 3.8) is 0 Å². The van der Waals surface area contributed by atoms with Crippen LogP contribution in [0.25, 0.3) is 0 Å². The second-order valence-electron chi connectivity index (χ2n) is 8.04. The van der Waals surface area contributed by atoms with Crippen LogP contribution in [-0.2, 0) is 27.0 Å². The van der Waals surface area contributed by atoms with Crippen molar-refractivity contribution in [3.05, 3.63) is 100 Å². The van der Waals surface area contributed by atoms with Gasteiger partial charge in [-0.05, 0) is 54.4 Å². The van der Waals surface area contributed by atoms with Gasteiger partial charge in [-0.2, -0.15) is 13.2 Å². The maximum absolute atomic E-state index is 13.1. The number of alkyl halides is 3. The molecule has 0 radical (unpaired) electrons. The first-order chi connectivity index (χ1) is 17.0. The summed E-state index contributed by atoms with van der Waals surface area (Å²) in [6.45, 7) is 1.89. The average Bonchev–Trinajstić information content (AvgIpc) is 3.04. The van der Waals surface area contributed by atoms with Crippen LogP contribution in [0.5, 0.6) is 0 Å². The molecule has 0 aliphatic carbocycles. The van der Waals surface area contributed by atoms with Gasteiger partial charge in [-0.25, -0.2) is 4.90 Å². The molecule has 3 amide bonds. The third kappa shape index (κ3) is 5.26. The summed E-state index contributed by atoms with van der Waals surface area (Å²) in [4.78, 5) is 38.4. The molecule has 0 atom stereocenters. The maximum Gasteiger partial charge on any atom is 0.416 e. The Labute approximate surface area is 209 Å². The lowest BCUT2D eigenvalue weighted by Gasteiger charge is -2.17. The topological polar surface area (TPSA) is 78.5 Å². The summed E-state index contributed by atoms with van der Waals surface area (Å²) in [6.07, 6.45) is -4.53. The van der Waals surface area contributed by atoms with E-state index < -0.39 is 28.6 Å². The number of hydrogen-bond acceptors (Lipinski definition) is 4. The van der Waals surface area contributed by atoms with Gasteiger partial charge < -0.3 is 10.6 Å². The van der Waals surface area contributed by atoms with Crippen LogP contribution in [0, 0.1) is 6.92 Å². The van der Waals surface area contributed by atoms with Gasteiger partial charge >= 0.3 is 6.18 Å². The van der Waals surface area contributed by atoms with Gasteiger partial charge in [-0.15, -0.1) is 0 Å². The molecule has 0 saturated carbocycles. The fourth-order valence-electron chi connectivity index (χ4n) is 3.61. The minimum Gasteiger partial charge on any atom is -0.350 e. The molecule has 3 aromatic rings. The van der Waals surface area contributed by atoms with Crippen molar-refractivity contribution in [2.75, 3.05) is 15.5 Å². The normalized spacial score (nSPS) is 13.9. The molecule has 10 heteroatoms. The van der Waals surface area contributed by atoms with Gasteiger partial charge in [0.2, 0.25) is 5.91 Å². The van der Waals surface area contributed by atoms with Gasteiger partial charge in [0.15, 0.2) is 0 Å². The third-order valence-electron chi connectivity index (χ3n) is 5.47. The summed E-state index contributed by atoms with van der Waals surface area (Å²) in [6, 6.07) is 17.8. The number of imide groups is 1. The zero-order valence-corrected chi connectivity index (χ0v) is 19.6. The predicted octanol–water partition coefficient (Wildman–Crippen LogP) is 5.63. The van der Waals surface area contributed by atoms with E-state index in [1.807, 2.05) is 25.1 Å². The Morgan fingerprint density at radius 1 is 0.944 bits per heavy atom. The van der Waals surface area contributed by atoms with Crippen molar-refractivity contribution in [2.24, 2.45) is 0 Å². The Morgan fingerprint density at radius 3 is 2.31 bits per heavy atom. The van der Waals surface area contributed by atoms with Gasteiger partial charge in [0, 0.05) is 11.4 Å². The lowest BCUT2D eigenvalue weighted by molar-refractivity contribution is -0.137. The summed E-state index contributed by atoms with van der Waals surface area (Å²) in [5, 5.41) is 5.16. The van der Waals surface area contributed by atoms with Gasteiger partial charge in [0.25, 0.3) is 11.8 Å². The number of hydrogen-bond donors (Lipinski definition) is 2. The number of nitrogens with zero attached hydrogens (tertiary/aromatic N) is 1. The Kier molecular flexibility index (Phi) is 6.85. The molecule has 3 aromatic carbocycles. The highest BCUT2D eigenvalue weighted by Crippen LogP contribution is 2.35. The van der Waals surface area contributed by atoms with E-state index in [4.69, 9.17) is 11.6 Å². The Morgan fingerprint density at radius 2 is 1.64 bits per heavy atom. The van der Waals surface area contributed by atoms with E-state index in [-0.39, 0.29) is 23.7 Å². The number of benzene rings is 3. The smallest absolute Gasteiger partial charge is 0.350 e. The molecule has 36 heavy (non-hydrogen) atoms. The SMILES string of the molecule is Cc1ccccc1NC(=O)Cc1ccc(NC2=C(Cl)C(=O)N(c3cccc(C(F)(F)F)c3)C2=O)cc1. The first-order valence-corrected chi connectivity index (χ1v) is 11.1. The average molecular weight is 514 g/mol. The summed E-state index contributed by atoms with van der Waals surface area (Å²) in [5.74, 6) is -2.02. The molecule has 0 aromatic heterocycles. The fraction of sp³-hybridized carbons (Fsp3) is 0.115. The summed E-state index contributed by atoms with van der Waals surface area (Å²) >= 11 is 6.07. The van der Waals surface area contributed by atoms with Crippen LogP contribution in [0.4, 0.5) is 30.2 Å². The molecule has 2 N–H and O–H groups in total. The van der Waals surface area contributed by atoms with Crippen molar-refractivity contribution in [3.8, 4) is 0 Å². The highest BCUT2D eigenvalue weighted by molar-refractivity contribution is 6.53. The molecule has 6 nitrogen and oxygen atoms in total. The van der Waals surface area contributed by atoms with Crippen LogP contribution in [0.15, 0.2) is 83.5 Å². The molecular formula is C26H19ClF3N3O3. The fourth-order valence-corrected chi connectivity index (χ4v) is 3.82. The van der Waals surface area contributed by atoms with Gasteiger partial charge in [-0.1, -0.05) is 48.0 Å². The Bertz CT molecular complexity index is 1380. The van der Waals surface area contributed by atoms with Crippen LogP contribution >= 0.6 is 11.6 Å². The van der Waals surface area contributed by atoms with Crippen LogP contribution < -0.4 is 15.5 Å². The van der Waals surface area contributed by atoms with E-state index in [0.29, 0.717) is 22.2 Å². The monoisotopic (exact) mass is 513 g/mol. The van der Waals surface area contributed by atoms with Crippen molar-refractivity contribution in [2.45, 2.75) is 19.5 Å². The molecule has 0 bridgehead atoms. The molecular weight excluding hydrogens is 495 g/mol. The Balaban J connectivity index is 1.45. The number of amides is 3. The second kappa shape index (κ2) is 9.87. The summed E-state index contributed by atoms with van der Waals surface area (Å²) in [7, 11) is 0. The highest BCUT2D eigenvalue weighted by Gasteiger charge is 2.40. The molecule has 184 valence electrons. The summed E-state index contributed by atoms with van der Waals surface area (Å²) in [5.41, 5.74) is 1.25. The maximum atomic E-state index is 13.1. The zero-order valence-electron chi connectivity index (χ0n) is 18.8. The number of nitrogens with one attached hydrogen (secondary N) is 2. The van der Waals surface area contributed by atoms with E-state index in [1.54, 1.807) is 30.3 Å². The van der Waals surface area contributed by atoms with Crippen LogP contribution in [-0.4, -0.2) is 17.7 Å². The number of anilines is 3. The first-order valence-electron chi connectivity index (χ1n) is 10.7. The van der Waals surface area contributed by atoms with Gasteiger partial charge in [-0.3, -0.25) is 14.4 Å². The number of aryl methyl sites for hydroxylation is 1. The lowest BCUT2D eigenvalue weighted by Crippen LogP contribution is -2.32. The third-order valence-corrected chi connectivity index (χ3v) is 5.82. The Hall–Kier alpha value is -4.11. The second-order valence-corrected chi connectivity index (χ2v) is 8.42. The number of halogens is 4. The van der Waals surface area contributed by atoms with Crippen molar-refractivity contribution in [1.29, 1.82) is 0 Å². The minimum atomic E-state index is -4.64. The number of carbonyl (C=O) groups is 3. The van der Waals surface area contributed by atoms with Crippen molar-refractivity contribution in [1.82, 2.24) is 0 Å². The molecule has 1 aliphatic rings. The number of carbonyl (C=O) groups excluding carboxylic acids is 3. The van der Waals surface area contributed by atoms with E-state index >= 15 is 0 Å². The minimum absolute atomic E-state index is 0.110. The van der Waals surface area contributed by atoms with Crippen LogP contribution in [0.1, 0.15) is 16.7 Å². The number of rotatable bonds is 6. The standard InChI is InChI=1S/C26H19ClF3N3O3/c1-15-5-2-3-8-20(15)32-21(34)13-16-9-11-18(12-10-16)31-23-22(27)24(35)33(25(23)36)19-7-4-6-17(14-19)26(28,29)30/h2-12,14,31H,13H2,1H3,(H,32,34). The molecule has 0 unspecified atom stereocenters. The van der Waals surface area contributed by atoms with Crippen molar-refractivity contribution >= 4 is 46.4 Å². The summed E-state index contributed by atoms with van der Waals surface area (Å²) < 4.78 is 39.2.